The molecule has 1 aromatic carbocycles. The summed E-state index contributed by atoms with van der Waals surface area (Å²) >= 11 is 0. The monoisotopic (exact) mass is 308 g/mol. The first-order valence-electron chi connectivity index (χ1n) is 7.66. The Morgan fingerprint density at radius 2 is 1.95 bits per heavy atom. The molecular formula is C16H24N2O2S. The van der Waals surface area contributed by atoms with Gasteiger partial charge in [0.1, 0.15) is 0 Å². The fraction of sp³-hybridized carbons (Fsp3) is 0.625. The normalized spacial score (nSPS) is 26.1. The van der Waals surface area contributed by atoms with Crippen LogP contribution >= 0.6 is 0 Å². The molecule has 21 heavy (non-hydrogen) atoms. The van der Waals surface area contributed by atoms with Crippen LogP contribution in [0, 0.1) is 0 Å². The molecule has 0 aromatic heterocycles. The third-order valence-electron chi connectivity index (χ3n) is 4.86. The Morgan fingerprint density at radius 3 is 2.67 bits per heavy atom. The fourth-order valence-corrected chi connectivity index (χ4v) is 4.81. The Kier molecular flexibility index (Phi) is 3.62. The second kappa shape index (κ2) is 5.07. The zero-order valence-electron chi connectivity index (χ0n) is 13.0. The molecule has 0 amide bonds. The minimum atomic E-state index is -3.10. The largest absolute Gasteiger partial charge is 0.293 e. The molecule has 1 atom stereocenters. The molecule has 0 N–H and O–H groups in total. The molecule has 1 aromatic rings. The zero-order valence-corrected chi connectivity index (χ0v) is 13.9. The standard InChI is InChI=1S/C16H24N2O2S/c1-4-21(19,20)18-10-9-17-12-16(2,3)14-8-6-5-7-13(14)15(17)11-18/h5-8,15H,4,9-12H2,1-3H3. The Bertz CT molecular complexity index is 639. The van der Waals surface area contributed by atoms with E-state index >= 15 is 0 Å². The maximum absolute atomic E-state index is 12.2. The van der Waals surface area contributed by atoms with Crippen molar-refractivity contribution in [2.75, 3.05) is 31.9 Å². The minimum Gasteiger partial charge on any atom is -0.293 e. The van der Waals surface area contributed by atoms with Crippen LogP contribution in [-0.2, 0) is 15.4 Å². The van der Waals surface area contributed by atoms with E-state index in [0.29, 0.717) is 13.1 Å². The lowest BCUT2D eigenvalue weighted by atomic mass is 9.75. The average Bonchev–Trinajstić information content (AvgIpc) is 2.46. The molecule has 0 aliphatic carbocycles. The van der Waals surface area contributed by atoms with Gasteiger partial charge >= 0.3 is 0 Å². The quantitative estimate of drug-likeness (QED) is 0.839. The molecule has 1 saturated heterocycles. The van der Waals surface area contributed by atoms with E-state index in [-0.39, 0.29) is 17.2 Å². The molecule has 116 valence electrons. The van der Waals surface area contributed by atoms with E-state index in [4.69, 9.17) is 0 Å². The maximum Gasteiger partial charge on any atom is 0.213 e. The van der Waals surface area contributed by atoms with Crippen LogP contribution in [0.15, 0.2) is 24.3 Å². The van der Waals surface area contributed by atoms with Crippen molar-refractivity contribution in [1.29, 1.82) is 0 Å². The van der Waals surface area contributed by atoms with Gasteiger partial charge in [0.2, 0.25) is 10.0 Å². The van der Waals surface area contributed by atoms with Gasteiger partial charge in [0.15, 0.2) is 0 Å². The van der Waals surface area contributed by atoms with E-state index in [1.807, 2.05) is 0 Å². The summed E-state index contributed by atoms with van der Waals surface area (Å²) < 4.78 is 26.0. The van der Waals surface area contributed by atoms with Crippen molar-refractivity contribution < 1.29 is 8.42 Å². The van der Waals surface area contributed by atoms with Crippen molar-refractivity contribution in [3.63, 3.8) is 0 Å². The lowest BCUT2D eigenvalue weighted by Crippen LogP contribution is -2.56. The SMILES string of the molecule is CCS(=O)(=O)N1CCN2CC(C)(C)c3ccccc3C2C1. The molecule has 2 heterocycles. The molecule has 0 radical (unpaired) electrons. The lowest BCUT2D eigenvalue weighted by Gasteiger charge is -2.49. The predicted octanol–water partition coefficient (Wildman–Crippen LogP) is 1.99. The van der Waals surface area contributed by atoms with Crippen molar-refractivity contribution in [3.8, 4) is 0 Å². The number of piperazine rings is 1. The van der Waals surface area contributed by atoms with Crippen LogP contribution in [0.1, 0.15) is 37.9 Å². The molecule has 5 heteroatoms. The van der Waals surface area contributed by atoms with Gasteiger partial charge in [-0.05, 0) is 18.1 Å². The van der Waals surface area contributed by atoms with Gasteiger partial charge in [-0.15, -0.1) is 0 Å². The number of hydrogen-bond donors (Lipinski definition) is 0. The van der Waals surface area contributed by atoms with Gasteiger partial charge in [0.05, 0.1) is 5.75 Å². The summed E-state index contributed by atoms with van der Waals surface area (Å²) in [4.78, 5) is 2.45. The summed E-state index contributed by atoms with van der Waals surface area (Å²) in [7, 11) is -3.10. The third kappa shape index (κ3) is 2.51. The van der Waals surface area contributed by atoms with Gasteiger partial charge in [-0.2, -0.15) is 4.31 Å². The van der Waals surface area contributed by atoms with Crippen LogP contribution in [0.2, 0.25) is 0 Å². The van der Waals surface area contributed by atoms with Crippen molar-refractivity contribution in [2.24, 2.45) is 0 Å². The van der Waals surface area contributed by atoms with Crippen molar-refractivity contribution >= 4 is 10.0 Å². The molecule has 2 aliphatic rings. The van der Waals surface area contributed by atoms with Crippen molar-refractivity contribution in [1.82, 2.24) is 9.21 Å². The Balaban J connectivity index is 1.98. The van der Waals surface area contributed by atoms with Crippen molar-refractivity contribution in [2.45, 2.75) is 32.2 Å². The van der Waals surface area contributed by atoms with E-state index in [1.54, 1.807) is 11.2 Å². The van der Waals surface area contributed by atoms with Gasteiger partial charge < -0.3 is 0 Å². The zero-order chi connectivity index (χ0) is 15.3. The van der Waals surface area contributed by atoms with Gasteiger partial charge in [-0.1, -0.05) is 38.1 Å². The Labute approximate surface area is 127 Å². The number of sulfonamides is 1. The molecule has 1 fully saturated rings. The second-order valence-corrected chi connectivity index (χ2v) is 8.97. The van der Waals surface area contributed by atoms with Crippen LogP contribution in [0.5, 0.6) is 0 Å². The first-order chi connectivity index (χ1) is 9.85. The van der Waals surface area contributed by atoms with Crippen molar-refractivity contribution in [3.05, 3.63) is 35.4 Å². The average molecular weight is 308 g/mol. The molecule has 3 rings (SSSR count). The van der Waals surface area contributed by atoms with Crippen LogP contribution < -0.4 is 0 Å². The maximum atomic E-state index is 12.2. The smallest absolute Gasteiger partial charge is 0.213 e. The van der Waals surface area contributed by atoms with Gasteiger partial charge in [0, 0.05) is 37.6 Å². The highest BCUT2D eigenvalue weighted by Gasteiger charge is 2.41. The third-order valence-corrected chi connectivity index (χ3v) is 6.71. The second-order valence-electron chi connectivity index (χ2n) is 6.72. The number of fused-ring (bicyclic) bond motifs is 3. The highest BCUT2D eigenvalue weighted by molar-refractivity contribution is 7.89. The number of nitrogens with zero attached hydrogens (tertiary/aromatic N) is 2. The van der Waals surface area contributed by atoms with Crippen LogP contribution in [-0.4, -0.2) is 49.6 Å². The summed E-state index contributed by atoms with van der Waals surface area (Å²) in [6.45, 7) is 9.29. The van der Waals surface area contributed by atoms with E-state index in [2.05, 4.69) is 43.0 Å². The van der Waals surface area contributed by atoms with E-state index in [0.717, 1.165) is 13.1 Å². The van der Waals surface area contributed by atoms with Crippen LogP contribution in [0.4, 0.5) is 0 Å². The Hall–Kier alpha value is -0.910. The van der Waals surface area contributed by atoms with Crippen LogP contribution in [0.3, 0.4) is 0 Å². The highest BCUT2D eigenvalue weighted by atomic mass is 32.2. The molecule has 1 unspecified atom stereocenters. The number of rotatable bonds is 2. The van der Waals surface area contributed by atoms with Gasteiger partial charge in [0.25, 0.3) is 0 Å². The Morgan fingerprint density at radius 1 is 1.24 bits per heavy atom. The molecule has 4 nitrogen and oxygen atoms in total. The van der Waals surface area contributed by atoms with Crippen LogP contribution in [0.25, 0.3) is 0 Å². The summed E-state index contributed by atoms with van der Waals surface area (Å²) in [6.07, 6.45) is 0. The number of hydrogen-bond acceptors (Lipinski definition) is 3. The molecule has 0 saturated carbocycles. The summed E-state index contributed by atoms with van der Waals surface area (Å²) in [5.41, 5.74) is 2.78. The summed E-state index contributed by atoms with van der Waals surface area (Å²) in [5, 5.41) is 0. The first kappa shape index (κ1) is 15.0. The summed E-state index contributed by atoms with van der Waals surface area (Å²) in [6, 6.07) is 8.70. The lowest BCUT2D eigenvalue weighted by molar-refractivity contribution is 0.0808. The predicted molar refractivity (Wildman–Crippen MR) is 84.8 cm³/mol. The first-order valence-corrected chi connectivity index (χ1v) is 9.27. The topological polar surface area (TPSA) is 40.6 Å². The molecule has 2 aliphatic heterocycles. The number of benzene rings is 1. The minimum absolute atomic E-state index is 0.124. The van der Waals surface area contributed by atoms with Gasteiger partial charge in [-0.3, -0.25) is 4.90 Å². The molecular weight excluding hydrogens is 284 g/mol. The van der Waals surface area contributed by atoms with E-state index in [9.17, 15) is 8.42 Å². The van der Waals surface area contributed by atoms with E-state index < -0.39 is 10.0 Å². The fourth-order valence-electron chi connectivity index (χ4n) is 3.71. The van der Waals surface area contributed by atoms with Gasteiger partial charge in [-0.25, -0.2) is 8.42 Å². The van der Waals surface area contributed by atoms with E-state index in [1.165, 1.54) is 11.1 Å². The highest BCUT2D eigenvalue weighted by Crippen LogP contribution is 2.41. The summed E-state index contributed by atoms with van der Waals surface area (Å²) in [5.74, 6) is 0.187. The molecule has 0 bridgehead atoms. The molecule has 0 spiro atoms.